The minimum Gasteiger partial charge on any atom is -0.250 e. The fraction of sp³-hybridized carbons (Fsp3) is 0.100. The Morgan fingerprint density at radius 3 is 2.00 bits per heavy atom. The summed E-state index contributed by atoms with van der Waals surface area (Å²) < 4.78 is 78.9. The molecule has 0 radical (unpaired) electrons. The van der Waals surface area contributed by atoms with Crippen molar-refractivity contribution in [3.05, 3.63) is 82.6 Å². The van der Waals surface area contributed by atoms with Crippen LogP contribution >= 0.6 is 0 Å². The fourth-order valence-corrected chi connectivity index (χ4v) is 3.17. The highest BCUT2D eigenvalue weighted by molar-refractivity contribution is 6.22. The van der Waals surface area contributed by atoms with Crippen LogP contribution in [0.3, 0.4) is 0 Å². The van der Waals surface area contributed by atoms with E-state index in [2.05, 4.69) is 20.0 Å². The van der Waals surface area contributed by atoms with E-state index in [9.17, 15) is 26.3 Å². The summed E-state index contributed by atoms with van der Waals surface area (Å²) in [4.78, 5) is 11.4. The number of rotatable bonds is 1. The van der Waals surface area contributed by atoms with Crippen LogP contribution in [-0.4, -0.2) is 15.7 Å². The Morgan fingerprint density at radius 1 is 0.833 bits per heavy atom. The molecular formula is C20H8F6N4. The first-order valence-electron chi connectivity index (χ1n) is 8.31. The first kappa shape index (κ1) is 19.6. The van der Waals surface area contributed by atoms with Crippen LogP contribution in [0.25, 0.3) is 27.5 Å². The van der Waals surface area contributed by atoms with Gasteiger partial charge in [0.15, 0.2) is 5.71 Å². The predicted molar refractivity (Wildman–Crippen MR) is 95.1 cm³/mol. The molecule has 150 valence electrons. The number of halogens is 6. The summed E-state index contributed by atoms with van der Waals surface area (Å²) >= 11 is 0. The molecule has 1 aliphatic carbocycles. The molecule has 1 heterocycles. The summed E-state index contributed by atoms with van der Waals surface area (Å²) in [5, 5.41) is 3.71. The average molecular weight is 418 g/mol. The van der Waals surface area contributed by atoms with E-state index in [0.29, 0.717) is 23.3 Å². The van der Waals surface area contributed by atoms with E-state index >= 15 is 0 Å². The standard InChI is InChI=1S/C20H8F6N4/c1-27-30-17-14-5-3-2-4-13(14)16-18(17)28-9-15(29-16)10-6-11(19(21,22)23)8-12(7-10)20(24,25)26/h2-9H/b30-17+. The number of hydrogen-bond acceptors (Lipinski definition) is 3. The third-order valence-electron chi connectivity index (χ3n) is 4.47. The van der Waals surface area contributed by atoms with Gasteiger partial charge in [0.2, 0.25) is 0 Å². The van der Waals surface area contributed by atoms with Gasteiger partial charge in [-0.2, -0.15) is 32.9 Å². The van der Waals surface area contributed by atoms with Crippen LogP contribution in [0.4, 0.5) is 26.3 Å². The van der Waals surface area contributed by atoms with Crippen molar-refractivity contribution in [3.8, 4) is 22.5 Å². The maximum Gasteiger partial charge on any atom is 0.416 e. The Labute approximate surface area is 165 Å². The molecular weight excluding hydrogens is 410 g/mol. The highest BCUT2D eigenvalue weighted by atomic mass is 19.4. The van der Waals surface area contributed by atoms with Gasteiger partial charge in [-0.3, -0.25) is 0 Å². The van der Waals surface area contributed by atoms with Gasteiger partial charge in [-0.05, 0) is 18.2 Å². The lowest BCUT2D eigenvalue weighted by atomic mass is 10.0. The maximum absolute atomic E-state index is 13.2. The Bertz CT molecular complexity index is 1200. The van der Waals surface area contributed by atoms with Gasteiger partial charge in [0, 0.05) is 16.7 Å². The molecule has 2 aromatic carbocycles. The van der Waals surface area contributed by atoms with E-state index in [-0.39, 0.29) is 34.4 Å². The van der Waals surface area contributed by atoms with Crippen LogP contribution in [0.2, 0.25) is 0 Å². The van der Waals surface area contributed by atoms with E-state index in [1.807, 2.05) is 0 Å². The van der Waals surface area contributed by atoms with Crippen molar-refractivity contribution in [2.24, 2.45) is 5.10 Å². The topological polar surface area (TPSA) is 42.5 Å². The van der Waals surface area contributed by atoms with Crippen LogP contribution in [-0.2, 0) is 12.4 Å². The van der Waals surface area contributed by atoms with E-state index in [1.165, 1.54) is 0 Å². The molecule has 3 aromatic rings. The summed E-state index contributed by atoms with van der Waals surface area (Å²) in [6.07, 6.45) is -8.87. The van der Waals surface area contributed by atoms with E-state index in [4.69, 9.17) is 6.57 Å². The number of aromatic nitrogens is 2. The molecule has 0 aliphatic heterocycles. The Kier molecular flexibility index (Phi) is 4.34. The number of benzene rings is 2. The molecule has 0 saturated heterocycles. The van der Waals surface area contributed by atoms with Crippen LogP contribution in [0.15, 0.2) is 53.8 Å². The molecule has 4 rings (SSSR count). The molecule has 1 aromatic heterocycles. The van der Waals surface area contributed by atoms with Crippen LogP contribution in [0, 0.1) is 6.57 Å². The number of fused-ring (bicyclic) bond motifs is 3. The average Bonchev–Trinajstić information content (AvgIpc) is 3.00. The number of nitrogens with zero attached hydrogens (tertiary/aromatic N) is 4. The second kappa shape index (κ2) is 6.66. The minimum atomic E-state index is -4.97. The zero-order valence-electron chi connectivity index (χ0n) is 14.7. The molecule has 0 fully saturated rings. The summed E-state index contributed by atoms with van der Waals surface area (Å²) in [5.74, 6) is 0. The third kappa shape index (κ3) is 3.28. The van der Waals surface area contributed by atoms with Crippen LogP contribution < -0.4 is 0 Å². The number of hydrogen-bond donors (Lipinski definition) is 0. The Morgan fingerprint density at radius 2 is 1.43 bits per heavy atom. The smallest absolute Gasteiger partial charge is 0.250 e. The molecule has 0 N–H and O–H groups in total. The highest BCUT2D eigenvalue weighted by Crippen LogP contribution is 2.40. The van der Waals surface area contributed by atoms with Crippen LogP contribution in [0.5, 0.6) is 0 Å². The van der Waals surface area contributed by atoms with E-state index in [0.717, 1.165) is 6.20 Å². The monoisotopic (exact) mass is 418 g/mol. The normalized spacial score (nSPS) is 14.4. The van der Waals surface area contributed by atoms with Crippen molar-refractivity contribution in [1.82, 2.24) is 9.97 Å². The first-order valence-corrected chi connectivity index (χ1v) is 8.31. The molecule has 4 nitrogen and oxygen atoms in total. The molecule has 0 unspecified atom stereocenters. The van der Waals surface area contributed by atoms with Crippen LogP contribution in [0.1, 0.15) is 22.4 Å². The lowest BCUT2D eigenvalue weighted by Gasteiger charge is -2.14. The van der Waals surface area contributed by atoms with Gasteiger partial charge in [-0.1, -0.05) is 24.3 Å². The summed E-state index contributed by atoms with van der Waals surface area (Å²) in [6, 6.07) is 7.97. The lowest BCUT2D eigenvalue weighted by Crippen LogP contribution is -2.11. The van der Waals surface area contributed by atoms with E-state index < -0.39 is 23.5 Å². The molecule has 1 aliphatic rings. The fourth-order valence-electron chi connectivity index (χ4n) is 3.17. The third-order valence-corrected chi connectivity index (χ3v) is 4.47. The highest BCUT2D eigenvalue weighted by Gasteiger charge is 2.37. The van der Waals surface area contributed by atoms with Crippen molar-refractivity contribution in [2.75, 3.05) is 0 Å². The second-order valence-electron chi connectivity index (χ2n) is 6.34. The van der Waals surface area contributed by atoms with E-state index in [1.54, 1.807) is 24.3 Å². The molecule has 0 saturated carbocycles. The molecule has 0 amide bonds. The minimum absolute atomic E-state index is 0.0557. The molecule has 10 heteroatoms. The van der Waals surface area contributed by atoms with Crippen molar-refractivity contribution in [1.29, 1.82) is 0 Å². The number of alkyl halides is 6. The summed E-state index contributed by atoms with van der Waals surface area (Å²) in [6.45, 7) is 6.97. The zero-order valence-corrected chi connectivity index (χ0v) is 14.7. The molecule has 0 spiro atoms. The van der Waals surface area contributed by atoms with Gasteiger partial charge in [-0.25, -0.2) is 9.97 Å². The van der Waals surface area contributed by atoms with Crippen molar-refractivity contribution >= 4 is 5.71 Å². The SMILES string of the molecule is [C-]#[N+]/N=C1\c2ccccc2-c2nc(-c3cc(C(F)(F)F)cc(C(F)(F)F)c3)cnc21. The van der Waals surface area contributed by atoms with Gasteiger partial charge >= 0.3 is 12.4 Å². The second-order valence-corrected chi connectivity index (χ2v) is 6.34. The largest absolute Gasteiger partial charge is 0.416 e. The Balaban J connectivity index is 1.93. The van der Waals surface area contributed by atoms with Gasteiger partial charge in [0.1, 0.15) is 5.69 Å². The molecule has 30 heavy (non-hydrogen) atoms. The molecule has 0 atom stereocenters. The first-order chi connectivity index (χ1) is 14.1. The van der Waals surface area contributed by atoms with Gasteiger partial charge in [-0.15, -0.1) is 4.95 Å². The summed E-state index contributed by atoms with van der Waals surface area (Å²) in [7, 11) is 0. The quantitative estimate of drug-likeness (QED) is 0.222. The van der Waals surface area contributed by atoms with Gasteiger partial charge < -0.3 is 0 Å². The van der Waals surface area contributed by atoms with Gasteiger partial charge in [0.05, 0.1) is 33.8 Å². The van der Waals surface area contributed by atoms with Gasteiger partial charge in [0.25, 0.3) is 0 Å². The van der Waals surface area contributed by atoms with Crippen molar-refractivity contribution in [2.45, 2.75) is 12.4 Å². The lowest BCUT2D eigenvalue weighted by molar-refractivity contribution is -0.143. The van der Waals surface area contributed by atoms with Crippen molar-refractivity contribution in [3.63, 3.8) is 0 Å². The van der Waals surface area contributed by atoms with Crippen molar-refractivity contribution < 1.29 is 26.3 Å². The predicted octanol–water partition coefficient (Wildman–Crippen LogP) is 5.83. The zero-order chi connectivity index (χ0) is 21.7. The Hall–Kier alpha value is -3.74. The maximum atomic E-state index is 13.2. The summed E-state index contributed by atoms with van der Waals surface area (Å²) in [5.41, 5.74) is -1.61. The molecule has 0 bridgehead atoms.